The van der Waals surface area contributed by atoms with E-state index in [1.807, 2.05) is 0 Å². The SMILES string of the molecule is COCCCOCCOCc1ccc(F)c(C(N)=S)c1. The van der Waals surface area contributed by atoms with Crippen molar-refractivity contribution in [2.24, 2.45) is 5.73 Å². The third kappa shape index (κ3) is 6.38. The van der Waals surface area contributed by atoms with E-state index in [0.29, 0.717) is 33.0 Å². The van der Waals surface area contributed by atoms with E-state index in [-0.39, 0.29) is 10.6 Å². The van der Waals surface area contributed by atoms with Crippen molar-refractivity contribution in [3.8, 4) is 0 Å². The number of rotatable bonds is 10. The molecule has 0 spiro atoms. The van der Waals surface area contributed by atoms with Crippen LogP contribution in [0.3, 0.4) is 0 Å². The molecule has 0 heterocycles. The number of hydrogen-bond donors (Lipinski definition) is 1. The lowest BCUT2D eigenvalue weighted by atomic mass is 10.1. The number of ether oxygens (including phenoxy) is 3. The minimum Gasteiger partial charge on any atom is -0.389 e. The topological polar surface area (TPSA) is 53.7 Å². The number of nitrogens with two attached hydrogens (primary N) is 1. The molecule has 0 saturated heterocycles. The Bertz CT molecular complexity index is 429. The third-order valence-electron chi connectivity index (χ3n) is 2.57. The molecule has 0 aromatic heterocycles. The Morgan fingerprint density at radius 3 is 2.65 bits per heavy atom. The first-order valence-corrected chi connectivity index (χ1v) is 6.78. The molecule has 0 atom stereocenters. The predicted octanol–water partition coefficient (Wildman–Crippen LogP) is 2.03. The van der Waals surface area contributed by atoms with Gasteiger partial charge in [-0.05, 0) is 24.1 Å². The quantitative estimate of drug-likeness (QED) is 0.529. The van der Waals surface area contributed by atoms with Gasteiger partial charge in [0.05, 0.1) is 19.8 Å². The maximum Gasteiger partial charge on any atom is 0.133 e. The average molecular weight is 301 g/mol. The zero-order valence-corrected chi connectivity index (χ0v) is 12.4. The summed E-state index contributed by atoms with van der Waals surface area (Å²) < 4.78 is 29.1. The van der Waals surface area contributed by atoms with Gasteiger partial charge in [-0.1, -0.05) is 18.3 Å². The van der Waals surface area contributed by atoms with Crippen molar-refractivity contribution in [1.82, 2.24) is 0 Å². The Morgan fingerprint density at radius 2 is 1.95 bits per heavy atom. The Morgan fingerprint density at radius 1 is 1.20 bits per heavy atom. The molecule has 0 unspecified atom stereocenters. The van der Waals surface area contributed by atoms with Gasteiger partial charge in [-0.2, -0.15) is 0 Å². The van der Waals surface area contributed by atoms with E-state index in [1.54, 1.807) is 19.2 Å². The molecule has 4 nitrogen and oxygen atoms in total. The molecule has 0 aliphatic heterocycles. The number of thiocarbonyl (C=S) groups is 1. The molecule has 0 saturated carbocycles. The van der Waals surface area contributed by atoms with Crippen LogP contribution in [0, 0.1) is 5.82 Å². The molecule has 1 aromatic carbocycles. The highest BCUT2D eigenvalue weighted by Gasteiger charge is 2.06. The summed E-state index contributed by atoms with van der Waals surface area (Å²) in [6.07, 6.45) is 0.867. The van der Waals surface area contributed by atoms with Crippen LogP contribution in [0.2, 0.25) is 0 Å². The van der Waals surface area contributed by atoms with Gasteiger partial charge in [-0.3, -0.25) is 0 Å². The van der Waals surface area contributed by atoms with Crippen LogP contribution in [0.5, 0.6) is 0 Å². The second-order valence-corrected chi connectivity index (χ2v) is 4.63. The van der Waals surface area contributed by atoms with Gasteiger partial charge in [0.1, 0.15) is 10.8 Å². The molecule has 0 aliphatic carbocycles. The molecule has 1 aromatic rings. The molecule has 1 rings (SSSR count). The van der Waals surface area contributed by atoms with Gasteiger partial charge in [0.15, 0.2) is 0 Å². The summed E-state index contributed by atoms with van der Waals surface area (Å²) in [5.41, 5.74) is 6.51. The van der Waals surface area contributed by atoms with E-state index >= 15 is 0 Å². The second-order valence-electron chi connectivity index (χ2n) is 4.19. The normalized spacial score (nSPS) is 10.7. The Hall–Kier alpha value is -1.08. The van der Waals surface area contributed by atoms with Crippen molar-refractivity contribution in [2.75, 3.05) is 33.5 Å². The first-order valence-electron chi connectivity index (χ1n) is 6.37. The summed E-state index contributed by atoms with van der Waals surface area (Å²) >= 11 is 4.78. The number of methoxy groups -OCH3 is 1. The third-order valence-corrected chi connectivity index (χ3v) is 2.79. The van der Waals surface area contributed by atoms with E-state index < -0.39 is 5.82 Å². The first kappa shape index (κ1) is 17.0. The standard InChI is InChI=1S/C14H20FNO3S/c1-17-5-2-6-18-7-8-19-10-11-3-4-13(15)12(9-11)14(16)20/h3-4,9H,2,5-8,10H2,1H3,(H2,16,20). The van der Waals surface area contributed by atoms with E-state index in [0.717, 1.165) is 12.0 Å². The molecule has 20 heavy (non-hydrogen) atoms. The Labute approximate surface area is 124 Å². The van der Waals surface area contributed by atoms with Crippen LogP contribution in [0.15, 0.2) is 18.2 Å². The van der Waals surface area contributed by atoms with Crippen LogP contribution in [0.4, 0.5) is 4.39 Å². The zero-order valence-electron chi connectivity index (χ0n) is 11.6. The molecule has 0 fully saturated rings. The van der Waals surface area contributed by atoms with Crippen LogP contribution in [0.25, 0.3) is 0 Å². The molecular formula is C14H20FNO3S. The summed E-state index contributed by atoms with van der Waals surface area (Å²) in [5, 5.41) is 0. The number of halogens is 1. The summed E-state index contributed by atoms with van der Waals surface area (Å²) in [4.78, 5) is 0.0471. The fourth-order valence-electron chi connectivity index (χ4n) is 1.57. The molecule has 112 valence electrons. The first-order chi connectivity index (χ1) is 9.65. The lowest BCUT2D eigenvalue weighted by Gasteiger charge is -2.07. The molecule has 0 amide bonds. The van der Waals surface area contributed by atoms with Gasteiger partial charge in [0.2, 0.25) is 0 Å². The molecule has 0 bridgehead atoms. The average Bonchev–Trinajstić information content (AvgIpc) is 2.43. The summed E-state index contributed by atoms with van der Waals surface area (Å²) in [6, 6.07) is 4.60. The van der Waals surface area contributed by atoms with Gasteiger partial charge < -0.3 is 19.9 Å². The monoisotopic (exact) mass is 301 g/mol. The largest absolute Gasteiger partial charge is 0.389 e. The fraction of sp³-hybridized carbons (Fsp3) is 0.500. The molecule has 0 radical (unpaired) electrons. The van der Waals surface area contributed by atoms with Crippen LogP contribution < -0.4 is 5.73 Å². The zero-order chi connectivity index (χ0) is 14.8. The minimum absolute atomic E-state index is 0.0471. The van der Waals surface area contributed by atoms with E-state index in [1.165, 1.54) is 6.07 Å². The summed E-state index contributed by atoms with van der Waals surface area (Å²) in [7, 11) is 1.66. The van der Waals surface area contributed by atoms with Gasteiger partial charge in [0, 0.05) is 25.9 Å². The molecule has 6 heteroatoms. The van der Waals surface area contributed by atoms with Gasteiger partial charge in [-0.25, -0.2) is 4.39 Å². The van der Waals surface area contributed by atoms with Crippen molar-refractivity contribution in [2.45, 2.75) is 13.0 Å². The predicted molar refractivity (Wildman–Crippen MR) is 79.3 cm³/mol. The van der Waals surface area contributed by atoms with E-state index in [9.17, 15) is 4.39 Å². The van der Waals surface area contributed by atoms with Crippen molar-refractivity contribution < 1.29 is 18.6 Å². The smallest absolute Gasteiger partial charge is 0.133 e. The summed E-state index contributed by atoms with van der Waals surface area (Å²) in [6.45, 7) is 2.72. The maximum absolute atomic E-state index is 13.4. The van der Waals surface area contributed by atoms with Crippen LogP contribution in [-0.2, 0) is 20.8 Å². The summed E-state index contributed by atoms with van der Waals surface area (Å²) in [5.74, 6) is -0.414. The Kier molecular flexibility index (Phi) is 8.29. The van der Waals surface area contributed by atoms with Crippen molar-refractivity contribution in [1.29, 1.82) is 0 Å². The van der Waals surface area contributed by atoms with Gasteiger partial charge in [0.25, 0.3) is 0 Å². The Balaban J connectivity index is 2.22. The van der Waals surface area contributed by atoms with Crippen LogP contribution in [0.1, 0.15) is 17.5 Å². The van der Waals surface area contributed by atoms with E-state index in [4.69, 9.17) is 32.2 Å². The van der Waals surface area contributed by atoms with Gasteiger partial charge in [-0.15, -0.1) is 0 Å². The highest BCUT2D eigenvalue weighted by molar-refractivity contribution is 7.80. The molecule has 0 aliphatic rings. The lowest BCUT2D eigenvalue weighted by Crippen LogP contribution is -2.12. The number of hydrogen-bond acceptors (Lipinski definition) is 4. The van der Waals surface area contributed by atoms with Crippen LogP contribution >= 0.6 is 12.2 Å². The van der Waals surface area contributed by atoms with Crippen molar-refractivity contribution in [3.63, 3.8) is 0 Å². The minimum atomic E-state index is -0.414. The second kappa shape index (κ2) is 9.77. The van der Waals surface area contributed by atoms with E-state index in [2.05, 4.69) is 0 Å². The van der Waals surface area contributed by atoms with Crippen LogP contribution in [-0.4, -0.2) is 38.5 Å². The molecular weight excluding hydrogens is 281 g/mol. The highest BCUT2D eigenvalue weighted by Crippen LogP contribution is 2.11. The van der Waals surface area contributed by atoms with Crippen molar-refractivity contribution in [3.05, 3.63) is 35.1 Å². The maximum atomic E-state index is 13.4. The molecule has 2 N–H and O–H groups in total. The highest BCUT2D eigenvalue weighted by atomic mass is 32.1. The van der Waals surface area contributed by atoms with Crippen molar-refractivity contribution >= 4 is 17.2 Å². The van der Waals surface area contributed by atoms with Gasteiger partial charge >= 0.3 is 0 Å². The lowest BCUT2D eigenvalue weighted by molar-refractivity contribution is 0.0337. The fourth-order valence-corrected chi connectivity index (χ4v) is 1.72. The number of benzene rings is 1.